The molecule has 0 radical (unpaired) electrons. The molecule has 3 heteroatoms. The maximum atomic E-state index is 10.0. The third-order valence-corrected chi connectivity index (χ3v) is 3.61. The standard InChI is InChI=1S/C14H21NO2/c1-9-4-5-12(16)14-11(15-6-7-17-3)8-10(2)13(9)14/h4-5,10-11,15-16H,6-8H2,1-3H3. The van der Waals surface area contributed by atoms with Crippen molar-refractivity contribution >= 4 is 0 Å². The van der Waals surface area contributed by atoms with E-state index in [0.29, 0.717) is 18.3 Å². The molecule has 0 spiro atoms. The largest absolute Gasteiger partial charge is 0.508 e. The highest BCUT2D eigenvalue weighted by Crippen LogP contribution is 2.45. The predicted molar refractivity (Wildman–Crippen MR) is 68.5 cm³/mol. The van der Waals surface area contributed by atoms with E-state index in [1.807, 2.05) is 6.07 Å². The summed E-state index contributed by atoms with van der Waals surface area (Å²) in [5.74, 6) is 0.932. The second-order valence-electron chi connectivity index (χ2n) is 4.87. The molecule has 1 aromatic rings. The van der Waals surface area contributed by atoms with E-state index < -0.39 is 0 Å². The minimum atomic E-state index is 0.259. The molecule has 2 unspecified atom stereocenters. The normalized spacial score (nSPS) is 22.8. The zero-order chi connectivity index (χ0) is 12.4. The van der Waals surface area contributed by atoms with E-state index in [4.69, 9.17) is 4.74 Å². The Labute approximate surface area is 103 Å². The van der Waals surface area contributed by atoms with Crippen molar-refractivity contribution in [3.8, 4) is 5.75 Å². The summed E-state index contributed by atoms with van der Waals surface area (Å²) in [6.07, 6.45) is 1.05. The fourth-order valence-corrected chi connectivity index (χ4v) is 2.86. The first-order valence-corrected chi connectivity index (χ1v) is 6.19. The van der Waals surface area contributed by atoms with Crippen LogP contribution in [0.3, 0.4) is 0 Å². The first-order chi connectivity index (χ1) is 8.15. The van der Waals surface area contributed by atoms with Crippen LogP contribution in [0.25, 0.3) is 0 Å². The zero-order valence-electron chi connectivity index (χ0n) is 10.8. The van der Waals surface area contributed by atoms with Gasteiger partial charge in [0.1, 0.15) is 5.75 Å². The van der Waals surface area contributed by atoms with E-state index in [2.05, 4.69) is 19.2 Å². The lowest BCUT2D eigenvalue weighted by atomic mass is 9.97. The molecule has 0 aromatic heterocycles. The Kier molecular flexibility index (Phi) is 3.69. The van der Waals surface area contributed by atoms with Gasteiger partial charge in [0.15, 0.2) is 0 Å². The molecular weight excluding hydrogens is 214 g/mol. The number of hydrogen-bond acceptors (Lipinski definition) is 3. The van der Waals surface area contributed by atoms with Crippen LogP contribution >= 0.6 is 0 Å². The average molecular weight is 235 g/mol. The predicted octanol–water partition coefficient (Wildman–Crippen LogP) is 2.48. The van der Waals surface area contributed by atoms with Gasteiger partial charge in [-0.05, 0) is 36.5 Å². The second kappa shape index (κ2) is 5.07. The Morgan fingerprint density at radius 3 is 2.88 bits per heavy atom. The van der Waals surface area contributed by atoms with E-state index in [1.54, 1.807) is 13.2 Å². The number of rotatable bonds is 4. The maximum Gasteiger partial charge on any atom is 0.120 e. The second-order valence-corrected chi connectivity index (χ2v) is 4.87. The molecule has 0 saturated carbocycles. The van der Waals surface area contributed by atoms with Crippen LogP contribution in [0.4, 0.5) is 0 Å². The van der Waals surface area contributed by atoms with Crippen LogP contribution in [0.5, 0.6) is 5.75 Å². The van der Waals surface area contributed by atoms with E-state index >= 15 is 0 Å². The van der Waals surface area contributed by atoms with E-state index in [-0.39, 0.29) is 6.04 Å². The molecule has 1 aliphatic carbocycles. The van der Waals surface area contributed by atoms with Gasteiger partial charge in [-0.2, -0.15) is 0 Å². The number of hydrogen-bond donors (Lipinski definition) is 2. The molecule has 1 aromatic carbocycles. The van der Waals surface area contributed by atoms with Gasteiger partial charge in [-0.1, -0.05) is 13.0 Å². The van der Waals surface area contributed by atoms with Crippen LogP contribution in [-0.4, -0.2) is 25.4 Å². The van der Waals surface area contributed by atoms with Gasteiger partial charge in [0.05, 0.1) is 6.61 Å². The van der Waals surface area contributed by atoms with Gasteiger partial charge in [0.25, 0.3) is 0 Å². The van der Waals surface area contributed by atoms with Crippen LogP contribution in [0, 0.1) is 6.92 Å². The molecule has 0 amide bonds. The van der Waals surface area contributed by atoms with Crippen LogP contribution < -0.4 is 5.32 Å². The molecule has 1 aliphatic rings. The summed E-state index contributed by atoms with van der Waals surface area (Å²) in [6, 6.07) is 4.06. The molecule has 2 atom stereocenters. The minimum absolute atomic E-state index is 0.259. The molecular formula is C14H21NO2. The van der Waals surface area contributed by atoms with E-state index in [9.17, 15) is 5.11 Å². The lowest BCUT2D eigenvalue weighted by Crippen LogP contribution is -2.23. The number of aromatic hydroxyl groups is 1. The van der Waals surface area contributed by atoms with Crippen molar-refractivity contribution in [3.63, 3.8) is 0 Å². The molecule has 0 saturated heterocycles. The highest BCUT2D eigenvalue weighted by atomic mass is 16.5. The number of phenolic OH excluding ortho intramolecular Hbond substituents is 1. The summed E-state index contributed by atoms with van der Waals surface area (Å²) < 4.78 is 5.05. The fraction of sp³-hybridized carbons (Fsp3) is 0.571. The molecule has 0 aliphatic heterocycles. The number of aryl methyl sites for hydroxylation is 1. The topological polar surface area (TPSA) is 41.5 Å². The Balaban J connectivity index is 2.23. The SMILES string of the molecule is COCCNC1CC(C)c2c(C)ccc(O)c21. The monoisotopic (exact) mass is 235 g/mol. The number of methoxy groups -OCH3 is 1. The summed E-state index contributed by atoms with van der Waals surface area (Å²) in [7, 11) is 1.70. The highest BCUT2D eigenvalue weighted by Gasteiger charge is 2.31. The van der Waals surface area contributed by atoms with Crippen molar-refractivity contribution in [3.05, 3.63) is 28.8 Å². The van der Waals surface area contributed by atoms with Crippen molar-refractivity contribution in [2.45, 2.75) is 32.2 Å². The van der Waals surface area contributed by atoms with Crippen molar-refractivity contribution < 1.29 is 9.84 Å². The summed E-state index contributed by atoms with van der Waals surface area (Å²) in [4.78, 5) is 0. The number of benzene rings is 1. The zero-order valence-corrected chi connectivity index (χ0v) is 10.8. The van der Waals surface area contributed by atoms with Gasteiger partial charge in [0, 0.05) is 25.3 Å². The van der Waals surface area contributed by atoms with Gasteiger partial charge < -0.3 is 15.2 Å². The van der Waals surface area contributed by atoms with Crippen molar-refractivity contribution in [2.24, 2.45) is 0 Å². The minimum Gasteiger partial charge on any atom is -0.508 e. The molecule has 3 nitrogen and oxygen atoms in total. The number of phenols is 1. The number of ether oxygens (including phenoxy) is 1. The van der Waals surface area contributed by atoms with Crippen molar-refractivity contribution in [1.29, 1.82) is 0 Å². The molecule has 94 valence electrons. The van der Waals surface area contributed by atoms with Crippen molar-refractivity contribution in [2.75, 3.05) is 20.3 Å². The molecule has 0 heterocycles. The first kappa shape index (κ1) is 12.4. The Hall–Kier alpha value is -1.06. The molecule has 17 heavy (non-hydrogen) atoms. The highest BCUT2D eigenvalue weighted by molar-refractivity contribution is 5.50. The quantitative estimate of drug-likeness (QED) is 0.788. The Morgan fingerprint density at radius 1 is 1.41 bits per heavy atom. The molecule has 2 rings (SSSR count). The van der Waals surface area contributed by atoms with Crippen LogP contribution in [0.15, 0.2) is 12.1 Å². The van der Waals surface area contributed by atoms with Gasteiger partial charge in [-0.15, -0.1) is 0 Å². The van der Waals surface area contributed by atoms with Crippen LogP contribution in [0.1, 0.15) is 42.0 Å². The summed E-state index contributed by atoms with van der Waals surface area (Å²) >= 11 is 0. The molecule has 0 fully saturated rings. The summed E-state index contributed by atoms with van der Waals surface area (Å²) in [6.45, 7) is 5.86. The molecule has 0 bridgehead atoms. The first-order valence-electron chi connectivity index (χ1n) is 6.19. The van der Waals surface area contributed by atoms with E-state index in [1.165, 1.54) is 11.1 Å². The van der Waals surface area contributed by atoms with Gasteiger partial charge >= 0.3 is 0 Å². The van der Waals surface area contributed by atoms with Gasteiger partial charge in [-0.3, -0.25) is 0 Å². The van der Waals surface area contributed by atoms with Gasteiger partial charge in [0.2, 0.25) is 0 Å². The third-order valence-electron chi connectivity index (χ3n) is 3.61. The lowest BCUT2D eigenvalue weighted by Gasteiger charge is -2.15. The van der Waals surface area contributed by atoms with Crippen LogP contribution in [0.2, 0.25) is 0 Å². The number of fused-ring (bicyclic) bond motifs is 1. The maximum absolute atomic E-state index is 10.0. The van der Waals surface area contributed by atoms with Crippen LogP contribution in [-0.2, 0) is 4.74 Å². The third kappa shape index (κ3) is 2.31. The Bertz CT molecular complexity index is 403. The summed E-state index contributed by atoms with van der Waals surface area (Å²) in [5.41, 5.74) is 3.69. The molecule has 2 N–H and O–H groups in total. The Morgan fingerprint density at radius 2 is 2.18 bits per heavy atom. The van der Waals surface area contributed by atoms with Gasteiger partial charge in [-0.25, -0.2) is 0 Å². The lowest BCUT2D eigenvalue weighted by molar-refractivity contribution is 0.195. The fourth-order valence-electron chi connectivity index (χ4n) is 2.86. The average Bonchev–Trinajstić information content (AvgIpc) is 2.63. The number of nitrogens with one attached hydrogen (secondary N) is 1. The van der Waals surface area contributed by atoms with E-state index in [0.717, 1.165) is 18.5 Å². The smallest absolute Gasteiger partial charge is 0.120 e. The van der Waals surface area contributed by atoms with Crippen molar-refractivity contribution in [1.82, 2.24) is 5.32 Å². The summed E-state index contributed by atoms with van der Waals surface area (Å²) in [5, 5.41) is 13.5.